The van der Waals surface area contributed by atoms with Crippen LogP contribution in [-0.4, -0.2) is 62.6 Å². The molecule has 1 aliphatic rings. The molecule has 0 bridgehead atoms. The zero-order valence-electron chi connectivity index (χ0n) is 17.1. The summed E-state index contributed by atoms with van der Waals surface area (Å²) in [6, 6.07) is 8.51. The molecule has 27 heavy (non-hydrogen) atoms. The van der Waals surface area contributed by atoms with Crippen molar-refractivity contribution in [3.8, 4) is 0 Å². The number of carbonyl (C=O) groups excluding carboxylic acids is 1. The predicted octanol–water partition coefficient (Wildman–Crippen LogP) is 2.39. The van der Waals surface area contributed by atoms with Crippen molar-refractivity contribution in [2.45, 2.75) is 40.0 Å². The van der Waals surface area contributed by atoms with E-state index in [9.17, 15) is 4.79 Å². The fourth-order valence-corrected chi connectivity index (χ4v) is 3.41. The minimum absolute atomic E-state index is 0.292. The molecule has 6 heteroatoms. The van der Waals surface area contributed by atoms with Gasteiger partial charge in [-0.3, -0.25) is 9.79 Å². The molecule has 1 heterocycles. The first-order chi connectivity index (χ1) is 13.2. The van der Waals surface area contributed by atoms with Crippen molar-refractivity contribution < 1.29 is 4.79 Å². The molecular formula is C21H35N5O. The van der Waals surface area contributed by atoms with Crippen LogP contribution in [0.5, 0.6) is 0 Å². The Morgan fingerprint density at radius 1 is 1.26 bits per heavy atom. The lowest BCUT2D eigenvalue weighted by molar-refractivity contribution is -0.127. The largest absolute Gasteiger partial charge is 0.370 e. The van der Waals surface area contributed by atoms with Crippen LogP contribution in [0.2, 0.25) is 0 Å². The van der Waals surface area contributed by atoms with Gasteiger partial charge in [0.25, 0.3) is 0 Å². The van der Waals surface area contributed by atoms with Crippen LogP contribution in [0.1, 0.15) is 38.7 Å². The lowest BCUT2D eigenvalue weighted by Gasteiger charge is -2.25. The molecule has 1 fully saturated rings. The first-order valence-electron chi connectivity index (χ1n) is 10.3. The maximum absolute atomic E-state index is 11.6. The SMILES string of the molecule is CCNC(=NCCCN1CCCC1=O)NCCN(CC)c1ccccc1C. The van der Waals surface area contributed by atoms with Crippen molar-refractivity contribution in [3.63, 3.8) is 0 Å². The molecule has 6 nitrogen and oxygen atoms in total. The van der Waals surface area contributed by atoms with Crippen LogP contribution in [0.25, 0.3) is 0 Å². The van der Waals surface area contributed by atoms with Gasteiger partial charge >= 0.3 is 0 Å². The standard InChI is InChI=1S/C21H35N5O/c1-4-22-21(23-13-9-16-26-15-8-12-20(26)27)24-14-17-25(5-2)19-11-7-6-10-18(19)3/h6-7,10-11H,4-5,8-9,12-17H2,1-3H3,(H2,22,23,24). The maximum atomic E-state index is 11.6. The number of hydrogen-bond donors (Lipinski definition) is 2. The zero-order valence-corrected chi connectivity index (χ0v) is 17.1. The number of hydrogen-bond acceptors (Lipinski definition) is 3. The fourth-order valence-electron chi connectivity index (χ4n) is 3.41. The highest BCUT2D eigenvalue weighted by Crippen LogP contribution is 2.18. The van der Waals surface area contributed by atoms with Crippen LogP contribution in [0.4, 0.5) is 5.69 Å². The Morgan fingerprint density at radius 2 is 2.07 bits per heavy atom. The molecule has 2 N–H and O–H groups in total. The Hall–Kier alpha value is -2.24. The van der Waals surface area contributed by atoms with Gasteiger partial charge in [0.1, 0.15) is 0 Å². The summed E-state index contributed by atoms with van der Waals surface area (Å²) < 4.78 is 0. The third kappa shape index (κ3) is 6.77. The number of nitrogens with one attached hydrogen (secondary N) is 2. The van der Waals surface area contributed by atoms with Gasteiger partial charge in [0.2, 0.25) is 5.91 Å². The van der Waals surface area contributed by atoms with E-state index in [2.05, 4.69) is 65.6 Å². The molecule has 0 unspecified atom stereocenters. The Labute approximate surface area is 164 Å². The molecule has 0 radical (unpaired) electrons. The summed E-state index contributed by atoms with van der Waals surface area (Å²) in [5.41, 5.74) is 2.59. The Morgan fingerprint density at radius 3 is 2.74 bits per heavy atom. The van der Waals surface area contributed by atoms with Gasteiger partial charge in [-0.1, -0.05) is 18.2 Å². The van der Waals surface area contributed by atoms with Crippen molar-refractivity contribution >= 4 is 17.6 Å². The highest BCUT2D eigenvalue weighted by molar-refractivity contribution is 5.80. The summed E-state index contributed by atoms with van der Waals surface area (Å²) in [6.07, 6.45) is 2.62. The van der Waals surface area contributed by atoms with E-state index < -0.39 is 0 Å². The fraction of sp³-hybridized carbons (Fsp3) is 0.619. The Kier molecular flexibility index (Phi) is 8.95. The topological polar surface area (TPSA) is 60.0 Å². The summed E-state index contributed by atoms with van der Waals surface area (Å²) in [4.78, 5) is 20.6. The monoisotopic (exact) mass is 373 g/mol. The second kappa shape index (κ2) is 11.5. The van der Waals surface area contributed by atoms with Gasteiger partial charge in [0.05, 0.1) is 0 Å². The van der Waals surface area contributed by atoms with E-state index in [1.807, 2.05) is 4.90 Å². The van der Waals surface area contributed by atoms with Crippen molar-refractivity contribution in [2.24, 2.45) is 4.99 Å². The molecule has 0 atom stereocenters. The maximum Gasteiger partial charge on any atom is 0.222 e. The molecule has 1 saturated heterocycles. The van der Waals surface area contributed by atoms with Crippen LogP contribution in [0, 0.1) is 6.92 Å². The molecule has 2 rings (SSSR count). The molecule has 1 aliphatic heterocycles. The number of guanidine groups is 1. The molecule has 1 aromatic rings. The van der Waals surface area contributed by atoms with E-state index >= 15 is 0 Å². The number of para-hydroxylation sites is 1. The summed E-state index contributed by atoms with van der Waals surface area (Å²) in [5, 5.41) is 6.73. The highest BCUT2D eigenvalue weighted by atomic mass is 16.2. The molecule has 0 aromatic heterocycles. The predicted molar refractivity (Wildman–Crippen MR) is 113 cm³/mol. The van der Waals surface area contributed by atoms with Gasteiger partial charge in [0.15, 0.2) is 5.96 Å². The van der Waals surface area contributed by atoms with E-state index in [1.165, 1.54) is 11.3 Å². The number of benzene rings is 1. The highest BCUT2D eigenvalue weighted by Gasteiger charge is 2.18. The van der Waals surface area contributed by atoms with Gasteiger partial charge in [-0.15, -0.1) is 0 Å². The van der Waals surface area contributed by atoms with Crippen molar-refractivity contribution in [1.82, 2.24) is 15.5 Å². The summed E-state index contributed by atoms with van der Waals surface area (Å²) in [7, 11) is 0. The lowest BCUT2D eigenvalue weighted by Crippen LogP contribution is -2.42. The smallest absolute Gasteiger partial charge is 0.222 e. The average molecular weight is 374 g/mol. The number of anilines is 1. The van der Waals surface area contributed by atoms with Gasteiger partial charge in [-0.25, -0.2) is 0 Å². The van der Waals surface area contributed by atoms with Crippen LogP contribution < -0.4 is 15.5 Å². The minimum Gasteiger partial charge on any atom is -0.370 e. The van der Waals surface area contributed by atoms with Gasteiger partial charge < -0.3 is 20.4 Å². The number of nitrogens with zero attached hydrogens (tertiary/aromatic N) is 3. The lowest BCUT2D eigenvalue weighted by atomic mass is 10.2. The first kappa shape index (κ1) is 21.1. The normalized spacial score (nSPS) is 14.6. The second-order valence-electron chi connectivity index (χ2n) is 6.89. The first-order valence-corrected chi connectivity index (χ1v) is 10.3. The molecule has 1 amide bonds. The number of likely N-dealkylation sites (N-methyl/N-ethyl adjacent to an activating group) is 1. The van der Waals surface area contributed by atoms with E-state index in [0.29, 0.717) is 12.3 Å². The average Bonchev–Trinajstić information content (AvgIpc) is 3.08. The van der Waals surface area contributed by atoms with Gasteiger partial charge in [0, 0.05) is 57.9 Å². The molecule has 0 saturated carbocycles. The van der Waals surface area contributed by atoms with Crippen molar-refractivity contribution in [3.05, 3.63) is 29.8 Å². The quantitative estimate of drug-likeness (QED) is 0.376. The summed E-state index contributed by atoms with van der Waals surface area (Å²) >= 11 is 0. The van der Waals surface area contributed by atoms with E-state index in [0.717, 1.165) is 64.6 Å². The van der Waals surface area contributed by atoms with Crippen molar-refractivity contribution in [1.29, 1.82) is 0 Å². The number of likely N-dealkylation sites (tertiary alicyclic amines) is 1. The molecular weight excluding hydrogens is 338 g/mol. The van der Waals surface area contributed by atoms with Crippen LogP contribution in [0.15, 0.2) is 29.3 Å². The van der Waals surface area contributed by atoms with Gasteiger partial charge in [-0.05, 0) is 45.2 Å². The number of rotatable bonds is 10. The van der Waals surface area contributed by atoms with E-state index in [1.54, 1.807) is 0 Å². The Bertz CT molecular complexity index is 616. The second-order valence-corrected chi connectivity index (χ2v) is 6.89. The van der Waals surface area contributed by atoms with E-state index in [-0.39, 0.29) is 0 Å². The third-order valence-corrected chi connectivity index (χ3v) is 4.88. The van der Waals surface area contributed by atoms with Crippen LogP contribution in [-0.2, 0) is 4.79 Å². The number of aryl methyl sites for hydroxylation is 1. The number of carbonyl (C=O) groups is 1. The van der Waals surface area contributed by atoms with Gasteiger partial charge in [-0.2, -0.15) is 0 Å². The van der Waals surface area contributed by atoms with Crippen molar-refractivity contribution in [2.75, 3.05) is 50.7 Å². The minimum atomic E-state index is 0.292. The Balaban J connectivity index is 1.77. The third-order valence-electron chi connectivity index (χ3n) is 4.88. The molecule has 150 valence electrons. The summed E-state index contributed by atoms with van der Waals surface area (Å²) in [6.45, 7) is 12.4. The van der Waals surface area contributed by atoms with E-state index in [4.69, 9.17) is 0 Å². The zero-order chi connectivity index (χ0) is 19.5. The molecule has 0 spiro atoms. The van der Waals surface area contributed by atoms with Crippen LogP contribution >= 0.6 is 0 Å². The number of amides is 1. The number of aliphatic imine (C=N–C) groups is 1. The van der Waals surface area contributed by atoms with Crippen LogP contribution in [0.3, 0.4) is 0 Å². The molecule has 0 aliphatic carbocycles. The molecule has 1 aromatic carbocycles. The summed E-state index contributed by atoms with van der Waals surface area (Å²) in [5.74, 6) is 1.14.